The Balaban J connectivity index is 1.68. The molecule has 3 rings (SSSR count). The quantitative estimate of drug-likeness (QED) is 0.540. The molecule has 0 saturated carbocycles. The maximum absolute atomic E-state index is 13.1. The van der Waals surface area contributed by atoms with Gasteiger partial charge in [-0.15, -0.1) is 0 Å². The van der Waals surface area contributed by atoms with Gasteiger partial charge in [-0.3, -0.25) is 4.79 Å². The summed E-state index contributed by atoms with van der Waals surface area (Å²) >= 11 is 6.35. The fourth-order valence-corrected chi connectivity index (χ4v) is 5.95. The lowest BCUT2D eigenvalue weighted by Crippen LogP contribution is -2.48. The summed E-state index contributed by atoms with van der Waals surface area (Å²) in [5, 5.41) is 3.87. The number of benzene rings is 2. The zero-order valence-corrected chi connectivity index (χ0v) is 21.1. The SMILES string of the molecule is CC1CN(S(=O)(=O)c2cccc(C(=O)CNCC(c3ccccc3Cl)N(C)C)c2)CC(C)O1. The molecule has 1 saturated heterocycles. The van der Waals surface area contributed by atoms with Crippen molar-refractivity contribution in [1.29, 1.82) is 0 Å². The van der Waals surface area contributed by atoms with Crippen molar-refractivity contribution in [3.63, 3.8) is 0 Å². The third kappa shape index (κ3) is 6.41. The predicted molar refractivity (Wildman–Crippen MR) is 130 cm³/mol. The molecule has 1 aliphatic rings. The fourth-order valence-electron chi connectivity index (χ4n) is 4.05. The van der Waals surface area contributed by atoms with Crippen LogP contribution in [0.1, 0.15) is 35.8 Å². The monoisotopic (exact) mass is 493 g/mol. The van der Waals surface area contributed by atoms with Gasteiger partial charge in [0.1, 0.15) is 0 Å². The fraction of sp³-hybridized carbons (Fsp3) is 0.458. The van der Waals surface area contributed by atoms with Crippen LogP contribution in [0.2, 0.25) is 5.02 Å². The number of rotatable bonds is 9. The van der Waals surface area contributed by atoms with Crippen LogP contribution in [0.3, 0.4) is 0 Å². The number of nitrogens with one attached hydrogen (secondary N) is 1. The number of ketones is 1. The van der Waals surface area contributed by atoms with Crippen molar-refractivity contribution < 1.29 is 17.9 Å². The van der Waals surface area contributed by atoms with Gasteiger partial charge < -0.3 is 15.0 Å². The van der Waals surface area contributed by atoms with Gasteiger partial charge in [0.05, 0.1) is 23.6 Å². The highest BCUT2D eigenvalue weighted by molar-refractivity contribution is 7.89. The van der Waals surface area contributed by atoms with Gasteiger partial charge in [0, 0.05) is 36.3 Å². The number of carbonyl (C=O) groups is 1. The van der Waals surface area contributed by atoms with Gasteiger partial charge in [0.2, 0.25) is 10.0 Å². The molecule has 0 radical (unpaired) electrons. The van der Waals surface area contributed by atoms with E-state index in [0.717, 1.165) is 5.56 Å². The van der Waals surface area contributed by atoms with Crippen molar-refractivity contribution in [1.82, 2.24) is 14.5 Å². The number of halogens is 1. The van der Waals surface area contributed by atoms with E-state index in [9.17, 15) is 13.2 Å². The lowest BCUT2D eigenvalue weighted by atomic mass is 10.1. The third-order valence-electron chi connectivity index (χ3n) is 5.69. The molecule has 0 aliphatic carbocycles. The minimum Gasteiger partial charge on any atom is -0.373 e. The first kappa shape index (κ1) is 25.8. The van der Waals surface area contributed by atoms with Gasteiger partial charge in [0.25, 0.3) is 0 Å². The number of Topliss-reactive ketones (excluding diaryl/α,β-unsaturated/α-hetero) is 1. The van der Waals surface area contributed by atoms with Crippen molar-refractivity contribution in [2.24, 2.45) is 0 Å². The number of nitrogens with zero attached hydrogens (tertiary/aromatic N) is 2. The molecule has 2 aromatic rings. The van der Waals surface area contributed by atoms with Gasteiger partial charge in [-0.05, 0) is 51.7 Å². The summed E-state index contributed by atoms with van der Waals surface area (Å²) in [5.41, 5.74) is 1.34. The van der Waals surface area contributed by atoms with Gasteiger partial charge >= 0.3 is 0 Å². The Bertz CT molecular complexity index is 1070. The Labute approximate surface area is 201 Å². The second-order valence-corrected chi connectivity index (χ2v) is 11.0. The van der Waals surface area contributed by atoms with Crippen LogP contribution in [0.25, 0.3) is 0 Å². The van der Waals surface area contributed by atoms with Gasteiger partial charge in [-0.25, -0.2) is 8.42 Å². The highest BCUT2D eigenvalue weighted by atomic mass is 35.5. The minimum absolute atomic E-state index is 0.0106. The molecule has 1 fully saturated rings. The first-order chi connectivity index (χ1) is 15.6. The van der Waals surface area contributed by atoms with E-state index in [-0.39, 0.29) is 35.5 Å². The summed E-state index contributed by atoms with van der Waals surface area (Å²) < 4.78 is 33.4. The van der Waals surface area contributed by atoms with Crippen LogP contribution in [0.4, 0.5) is 0 Å². The summed E-state index contributed by atoms with van der Waals surface area (Å²) in [7, 11) is 0.205. The molecule has 1 aliphatic heterocycles. The molecule has 180 valence electrons. The molecule has 0 spiro atoms. The minimum atomic E-state index is -3.71. The van der Waals surface area contributed by atoms with E-state index < -0.39 is 10.0 Å². The largest absolute Gasteiger partial charge is 0.373 e. The van der Waals surface area contributed by atoms with E-state index in [1.165, 1.54) is 16.4 Å². The zero-order chi connectivity index (χ0) is 24.2. The lowest BCUT2D eigenvalue weighted by Gasteiger charge is -2.34. The summed E-state index contributed by atoms with van der Waals surface area (Å²) in [6, 6.07) is 13.9. The number of hydrogen-bond donors (Lipinski definition) is 1. The molecule has 1 heterocycles. The first-order valence-corrected chi connectivity index (χ1v) is 12.8. The number of carbonyl (C=O) groups excluding carboxylic acids is 1. The Hall–Kier alpha value is -1.81. The predicted octanol–water partition coefficient (Wildman–Crippen LogP) is 3.21. The molecular formula is C24H32ClN3O4S. The molecule has 7 nitrogen and oxygen atoms in total. The van der Waals surface area contributed by atoms with E-state index in [1.807, 2.05) is 57.1 Å². The van der Waals surface area contributed by atoms with Crippen LogP contribution in [-0.2, 0) is 14.8 Å². The average molecular weight is 494 g/mol. The molecule has 3 atom stereocenters. The van der Waals surface area contributed by atoms with Crippen molar-refractivity contribution >= 4 is 27.4 Å². The van der Waals surface area contributed by atoms with Crippen LogP contribution in [-0.4, -0.2) is 75.9 Å². The third-order valence-corrected chi connectivity index (χ3v) is 7.86. The molecule has 0 amide bonds. The number of ether oxygens (including phenoxy) is 1. The Kier molecular flexibility index (Phi) is 8.66. The van der Waals surface area contributed by atoms with Gasteiger partial charge in [-0.2, -0.15) is 4.31 Å². The molecule has 9 heteroatoms. The number of likely N-dealkylation sites (N-methyl/N-ethyl adjacent to an activating group) is 1. The number of morpholine rings is 1. The maximum Gasteiger partial charge on any atom is 0.243 e. The van der Waals surface area contributed by atoms with Gasteiger partial charge in [-0.1, -0.05) is 41.9 Å². The van der Waals surface area contributed by atoms with Crippen LogP contribution in [0.5, 0.6) is 0 Å². The standard InChI is InChI=1S/C24H32ClN3O4S/c1-17-15-28(16-18(2)32-17)33(30,31)20-9-7-8-19(12-20)24(29)14-26-13-23(27(3)4)21-10-5-6-11-22(21)25/h5-12,17-18,23,26H,13-16H2,1-4H3. The van der Waals surface area contributed by atoms with Gasteiger partial charge in [0.15, 0.2) is 5.78 Å². The Morgan fingerprint density at radius 2 is 1.82 bits per heavy atom. The number of hydrogen-bond acceptors (Lipinski definition) is 6. The number of sulfonamides is 1. The van der Waals surface area contributed by atoms with E-state index in [4.69, 9.17) is 16.3 Å². The Morgan fingerprint density at radius 1 is 1.15 bits per heavy atom. The summed E-state index contributed by atoms with van der Waals surface area (Å²) in [6.07, 6.45) is -0.361. The molecule has 33 heavy (non-hydrogen) atoms. The van der Waals surface area contributed by atoms with E-state index in [0.29, 0.717) is 30.2 Å². The van der Waals surface area contributed by atoms with Crippen molar-refractivity contribution in [3.8, 4) is 0 Å². The second kappa shape index (κ2) is 11.1. The summed E-state index contributed by atoms with van der Waals surface area (Å²) in [4.78, 5) is 15.0. The highest BCUT2D eigenvalue weighted by Gasteiger charge is 2.32. The molecular weight excluding hydrogens is 462 g/mol. The topological polar surface area (TPSA) is 79.0 Å². The highest BCUT2D eigenvalue weighted by Crippen LogP contribution is 2.25. The molecule has 2 aromatic carbocycles. The smallest absolute Gasteiger partial charge is 0.243 e. The van der Waals surface area contributed by atoms with E-state index in [1.54, 1.807) is 12.1 Å². The average Bonchev–Trinajstić information content (AvgIpc) is 2.76. The molecule has 0 bridgehead atoms. The van der Waals surface area contributed by atoms with Crippen LogP contribution >= 0.6 is 11.6 Å². The van der Waals surface area contributed by atoms with Crippen LogP contribution in [0, 0.1) is 0 Å². The maximum atomic E-state index is 13.1. The van der Waals surface area contributed by atoms with Crippen LogP contribution in [0.15, 0.2) is 53.4 Å². The van der Waals surface area contributed by atoms with Crippen molar-refractivity contribution in [3.05, 3.63) is 64.7 Å². The zero-order valence-electron chi connectivity index (χ0n) is 19.5. The van der Waals surface area contributed by atoms with Crippen LogP contribution < -0.4 is 5.32 Å². The molecule has 0 aromatic heterocycles. The molecule has 1 N–H and O–H groups in total. The van der Waals surface area contributed by atoms with E-state index in [2.05, 4.69) is 5.32 Å². The normalized spacial score (nSPS) is 20.7. The second-order valence-electron chi connectivity index (χ2n) is 8.66. The van der Waals surface area contributed by atoms with Crippen molar-refractivity contribution in [2.75, 3.05) is 40.3 Å². The Morgan fingerprint density at radius 3 is 2.45 bits per heavy atom. The summed E-state index contributed by atoms with van der Waals surface area (Å²) in [5.74, 6) is -0.174. The molecule has 3 unspecified atom stereocenters. The van der Waals surface area contributed by atoms with E-state index >= 15 is 0 Å². The summed E-state index contributed by atoms with van der Waals surface area (Å²) in [6.45, 7) is 4.90. The van der Waals surface area contributed by atoms with Crippen molar-refractivity contribution in [2.45, 2.75) is 37.0 Å². The first-order valence-electron chi connectivity index (χ1n) is 11.0. The lowest BCUT2D eigenvalue weighted by molar-refractivity contribution is -0.0440.